The van der Waals surface area contributed by atoms with Crippen LogP contribution in [0.3, 0.4) is 0 Å². The van der Waals surface area contributed by atoms with Gasteiger partial charge in [0, 0.05) is 57.5 Å². The van der Waals surface area contributed by atoms with Crippen LogP contribution in [0.1, 0.15) is 37.4 Å². The lowest BCUT2D eigenvalue weighted by molar-refractivity contribution is -0.139. The van der Waals surface area contributed by atoms with Crippen molar-refractivity contribution in [2.24, 2.45) is 0 Å². The number of aromatic nitrogens is 2. The Morgan fingerprint density at radius 1 is 1.32 bits per heavy atom. The van der Waals surface area contributed by atoms with E-state index in [4.69, 9.17) is 0 Å². The van der Waals surface area contributed by atoms with E-state index >= 15 is 0 Å². The Bertz CT molecular complexity index is 612. The Labute approximate surface area is 149 Å². The fourth-order valence-electron chi connectivity index (χ4n) is 3.73. The maximum absolute atomic E-state index is 12.6. The summed E-state index contributed by atoms with van der Waals surface area (Å²) < 4.78 is 2.21. The average molecular weight is 347 g/mol. The highest BCUT2D eigenvalue weighted by molar-refractivity contribution is 5.86. The zero-order valence-electron chi connectivity index (χ0n) is 15.4. The van der Waals surface area contributed by atoms with Crippen molar-refractivity contribution in [2.45, 2.75) is 38.1 Å². The predicted octanol–water partition coefficient (Wildman–Crippen LogP) is 0.773. The highest BCUT2D eigenvalue weighted by atomic mass is 16.2. The molecule has 0 N–H and O–H groups in total. The maximum atomic E-state index is 12.6. The molecular formula is C18H29N5O2. The van der Waals surface area contributed by atoms with Crippen molar-refractivity contribution >= 4 is 11.8 Å². The van der Waals surface area contributed by atoms with E-state index in [1.807, 2.05) is 17.3 Å². The van der Waals surface area contributed by atoms with E-state index in [0.717, 1.165) is 51.3 Å². The fraction of sp³-hybridized carbons (Fsp3) is 0.722. The summed E-state index contributed by atoms with van der Waals surface area (Å²) in [4.78, 5) is 34.7. The molecule has 0 saturated carbocycles. The first kappa shape index (κ1) is 17.9. The van der Waals surface area contributed by atoms with Crippen LogP contribution in [0.15, 0.2) is 12.4 Å². The molecule has 0 radical (unpaired) electrons. The second-order valence-electron chi connectivity index (χ2n) is 7.38. The van der Waals surface area contributed by atoms with E-state index in [1.165, 1.54) is 0 Å². The zero-order valence-corrected chi connectivity index (χ0v) is 15.4. The van der Waals surface area contributed by atoms with Crippen molar-refractivity contribution in [3.63, 3.8) is 0 Å². The number of imidazole rings is 1. The number of likely N-dealkylation sites (N-methyl/N-ethyl adjacent to an activating group) is 1. The number of hydrogen-bond acceptors (Lipinski definition) is 4. The van der Waals surface area contributed by atoms with E-state index in [9.17, 15) is 9.59 Å². The van der Waals surface area contributed by atoms with Crippen molar-refractivity contribution in [3.8, 4) is 0 Å². The number of nitrogens with zero attached hydrogens (tertiary/aromatic N) is 5. The zero-order chi connectivity index (χ0) is 17.8. The number of likely N-dealkylation sites (tertiary alicyclic amines) is 2. The van der Waals surface area contributed by atoms with Crippen molar-refractivity contribution in [1.82, 2.24) is 24.3 Å². The largest absolute Gasteiger partial charge is 0.340 e. The minimum absolute atomic E-state index is 0.0753. The Balaban J connectivity index is 1.60. The van der Waals surface area contributed by atoms with Gasteiger partial charge in [0.25, 0.3) is 0 Å². The molecule has 2 amide bonds. The van der Waals surface area contributed by atoms with Crippen molar-refractivity contribution in [3.05, 3.63) is 18.2 Å². The molecule has 7 nitrogen and oxygen atoms in total. The Morgan fingerprint density at radius 2 is 2.16 bits per heavy atom. The van der Waals surface area contributed by atoms with Gasteiger partial charge in [-0.1, -0.05) is 0 Å². The smallest absolute Gasteiger partial charge is 0.242 e. The van der Waals surface area contributed by atoms with Gasteiger partial charge in [-0.15, -0.1) is 0 Å². The second-order valence-corrected chi connectivity index (χ2v) is 7.38. The molecular weight excluding hydrogens is 318 g/mol. The van der Waals surface area contributed by atoms with Crippen molar-refractivity contribution in [2.75, 3.05) is 46.8 Å². The number of amides is 2. The van der Waals surface area contributed by atoms with Gasteiger partial charge in [-0.3, -0.25) is 9.59 Å². The molecule has 1 atom stereocenters. The molecule has 1 aromatic rings. The molecule has 25 heavy (non-hydrogen) atoms. The van der Waals surface area contributed by atoms with Crippen LogP contribution in [0.4, 0.5) is 0 Å². The molecule has 2 aliphatic rings. The topological polar surface area (TPSA) is 61.7 Å². The molecule has 7 heteroatoms. The molecule has 2 aliphatic heterocycles. The van der Waals surface area contributed by atoms with Gasteiger partial charge in [-0.2, -0.15) is 0 Å². The lowest BCUT2D eigenvalue weighted by Gasteiger charge is -2.33. The normalized spacial score (nSPS) is 21.4. The Hall–Kier alpha value is -1.89. The third-order valence-electron chi connectivity index (χ3n) is 5.17. The molecule has 0 spiro atoms. The number of carbonyl (C=O) groups excluding carboxylic acids is 2. The number of piperidine rings is 1. The third kappa shape index (κ3) is 4.39. The summed E-state index contributed by atoms with van der Waals surface area (Å²) in [5.41, 5.74) is 0. The Morgan fingerprint density at radius 3 is 2.88 bits per heavy atom. The molecule has 1 aromatic heterocycles. The summed E-state index contributed by atoms with van der Waals surface area (Å²) in [7, 11) is 4.13. The van der Waals surface area contributed by atoms with E-state index in [2.05, 4.69) is 28.5 Å². The summed E-state index contributed by atoms with van der Waals surface area (Å²) in [5.74, 6) is 1.55. The molecule has 0 aliphatic carbocycles. The molecule has 0 aromatic carbocycles. The van der Waals surface area contributed by atoms with Gasteiger partial charge < -0.3 is 19.3 Å². The number of hydrogen-bond donors (Lipinski definition) is 0. The molecule has 2 fully saturated rings. The summed E-state index contributed by atoms with van der Waals surface area (Å²) in [6.07, 6.45) is 7.39. The third-order valence-corrected chi connectivity index (χ3v) is 5.17. The van der Waals surface area contributed by atoms with Crippen molar-refractivity contribution < 1.29 is 9.59 Å². The van der Waals surface area contributed by atoms with Gasteiger partial charge in [0.15, 0.2) is 0 Å². The van der Waals surface area contributed by atoms with E-state index < -0.39 is 0 Å². The standard InChI is InChI=1S/C18H29N5O2/c1-20(2)11-12-21-10-7-19-18(21)15-5-3-8-22(13-15)17(25)14-23-9-4-6-16(23)24/h7,10,15H,3-6,8-9,11-14H2,1-2H3. The van der Waals surface area contributed by atoms with Gasteiger partial charge in [-0.25, -0.2) is 4.98 Å². The van der Waals surface area contributed by atoms with E-state index in [-0.39, 0.29) is 24.3 Å². The lowest BCUT2D eigenvalue weighted by Crippen LogP contribution is -2.45. The molecule has 138 valence electrons. The van der Waals surface area contributed by atoms with E-state index in [1.54, 1.807) is 4.90 Å². The van der Waals surface area contributed by atoms with Crippen LogP contribution in [0.25, 0.3) is 0 Å². The Kier molecular flexibility index (Phi) is 5.73. The van der Waals surface area contributed by atoms with Crippen molar-refractivity contribution in [1.29, 1.82) is 0 Å². The summed E-state index contributed by atoms with van der Waals surface area (Å²) >= 11 is 0. The van der Waals surface area contributed by atoms with Gasteiger partial charge in [0.2, 0.25) is 11.8 Å². The van der Waals surface area contributed by atoms with Gasteiger partial charge in [0.05, 0.1) is 6.54 Å². The molecule has 2 saturated heterocycles. The fourth-order valence-corrected chi connectivity index (χ4v) is 3.73. The lowest BCUT2D eigenvalue weighted by atomic mass is 9.97. The first-order valence-electron chi connectivity index (χ1n) is 9.26. The SMILES string of the molecule is CN(C)CCn1ccnc1C1CCCN(C(=O)CN2CCCC2=O)C1. The molecule has 3 rings (SSSR count). The van der Waals surface area contributed by atoms with Gasteiger partial charge in [-0.05, 0) is 33.4 Å². The summed E-state index contributed by atoms with van der Waals surface area (Å²) in [6, 6.07) is 0. The van der Waals surface area contributed by atoms with Crippen LogP contribution in [0.2, 0.25) is 0 Å². The summed E-state index contributed by atoms with van der Waals surface area (Å²) in [6.45, 7) is 4.33. The monoisotopic (exact) mass is 347 g/mol. The maximum Gasteiger partial charge on any atom is 0.242 e. The minimum Gasteiger partial charge on any atom is -0.340 e. The first-order valence-corrected chi connectivity index (χ1v) is 9.26. The molecule has 3 heterocycles. The minimum atomic E-state index is 0.0753. The van der Waals surface area contributed by atoms with Gasteiger partial charge in [0.1, 0.15) is 5.82 Å². The average Bonchev–Trinajstić information content (AvgIpc) is 3.22. The number of carbonyl (C=O) groups is 2. The number of rotatable bonds is 6. The van der Waals surface area contributed by atoms with Crippen LogP contribution in [-0.2, 0) is 16.1 Å². The van der Waals surface area contributed by atoms with Crippen LogP contribution in [-0.4, -0.2) is 82.9 Å². The highest BCUT2D eigenvalue weighted by Gasteiger charge is 2.30. The summed E-state index contributed by atoms with van der Waals surface area (Å²) in [5, 5.41) is 0. The molecule has 1 unspecified atom stereocenters. The second kappa shape index (κ2) is 7.99. The first-order chi connectivity index (χ1) is 12.0. The predicted molar refractivity (Wildman–Crippen MR) is 95.2 cm³/mol. The van der Waals surface area contributed by atoms with Crippen LogP contribution in [0.5, 0.6) is 0 Å². The van der Waals surface area contributed by atoms with Gasteiger partial charge >= 0.3 is 0 Å². The quantitative estimate of drug-likeness (QED) is 0.763. The van der Waals surface area contributed by atoms with Crippen LogP contribution >= 0.6 is 0 Å². The highest BCUT2D eigenvalue weighted by Crippen LogP contribution is 2.26. The van der Waals surface area contributed by atoms with Crippen LogP contribution < -0.4 is 0 Å². The van der Waals surface area contributed by atoms with Crippen LogP contribution in [0, 0.1) is 0 Å². The molecule has 0 bridgehead atoms. The van der Waals surface area contributed by atoms with E-state index in [0.29, 0.717) is 13.0 Å².